The lowest BCUT2D eigenvalue weighted by Crippen LogP contribution is -2.19. The molecule has 0 radical (unpaired) electrons. The predicted molar refractivity (Wildman–Crippen MR) is 94.5 cm³/mol. The van der Waals surface area contributed by atoms with Crippen molar-refractivity contribution in [3.8, 4) is 11.4 Å². The van der Waals surface area contributed by atoms with Gasteiger partial charge in [0.2, 0.25) is 0 Å². The summed E-state index contributed by atoms with van der Waals surface area (Å²) in [6.45, 7) is 0. The summed E-state index contributed by atoms with van der Waals surface area (Å²) in [5, 5.41) is 13.3. The molecule has 0 amide bonds. The Kier molecular flexibility index (Phi) is 4.20. The number of carboxylic acid groups (broad SMARTS) is 1. The van der Waals surface area contributed by atoms with Gasteiger partial charge < -0.3 is 15.4 Å². The van der Waals surface area contributed by atoms with E-state index >= 15 is 0 Å². The summed E-state index contributed by atoms with van der Waals surface area (Å²) in [5.41, 5.74) is 1.29. The van der Waals surface area contributed by atoms with Crippen molar-refractivity contribution >= 4 is 34.4 Å². The van der Waals surface area contributed by atoms with Gasteiger partial charge in [-0.25, -0.2) is 19.3 Å². The molecule has 1 aliphatic rings. The Morgan fingerprint density at radius 2 is 2.19 bits per heavy atom. The Hall–Kier alpha value is -2.74. The Morgan fingerprint density at radius 1 is 1.35 bits per heavy atom. The summed E-state index contributed by atoms with van der Waals surface area (Å²) in [6.07, 6.45) is 6.00. The minimum atomic E-state index is -0.818. The first kappa shape index (κ1) is 16.7. The fraction of sp³-hybridized carbons (Fsp3) is 0.294. The molecule has 9 heteroatoms. The first-order chi connectivity index (χ1) is 12.5. The van der Waals surface area contributed by atoms with Crippen LogP contribution in [0.1, 0.15) is 19.3 Å². The quantitative estimate of drug-likeness (QED) is 0.645. The number of fused-ring (bicyclic) bond motifs is 1. The number of hydrogen-bond acceptors (Lipinski definition) is 5. The van der Waals surface area contributed by atoms with E-state index in [4.69, 9.17) is 16.7 Å². The standard InChI is InChI=1S/C17H15ClFN5O2/c18-9-4-11-12(6-21-14(11)20-5-9)15-22-7-13(19)16(24-15)23-10-2-1-8(3-10)17(25)26/h4-8,10H,1-3H2,(H,20,21)(H,25,26)(H,22,23,24)/t8-,10+/m0/s1. The zero-order valence-electron chi connectivity index (χ0n) is 13.5. The maximum atomic E-state index is 14.2. The van der Waals surface area contributed by atoms with Gasteiger partial charge in [0, 0.05) is 29.4 Å². The molecule has 0 saturated heterocycles. The number of aromatic amines is 1. The van der Waals surface area contributed by atoms with Crippen LogP contribution in [-0.2, 0) is 4.79 Å². The van der Waals surface area contributed by atoms with Crippen LogP contribution in [0.25, 0.3) is 22.4 Å². The monoisotopic (exact) mass is 375 g/mol. The minimum absolute atomic E-state index is 0.0652. The maximum absolute atomic E-state index is 14.2. The molecule has 26 heavy (non-hydrogen) atoms. The van der Waals surface area contributed by atoms with E-state index in [1.54, 1.807) is 12.3 Å². The van der Waals surface area contributed by atoms with E-state index in [1.807, 2.05) is 0 Å². The summed E-state index contributed by atoms with van der Waals surface area (Å²) in [5.74, 6) is -1.41. The highest BCUT2D eigenvalue weighted by atomic mass is 35.5. The number of pyridine rings is 1. The van der Waals surface area contributed by atoms with E-state index in [1.165, 1.54) is 6.20 Å². The van der Waals surface area contributed by atoms with Crippen molar-refractivity contribution in [3.63, 3.8) is 0 Å². The van der Waals surface area contributed by atoms with E-state index in [2.05, 4.69) is 25.3 Å². The highest BCUT2D eigenvalue weighted by molar-refractivity contribution is 6.31. The van der Waals surface area contributed by atoms with Crippen LogP contribution in [0.15, 0.2) is 24.7 Å². The average Bonchev–Trinajstić information content (AvgIpc) is 3.23. The molecule has 3 aromatic rings. The molecule has 4 rings (SSSR count). The number of carbonyl (C=O) groups is 1. The van der Waals surface area contributed by atoms with Gasteiger partial charge in [0.25, 0.3) is 0 Å². The highest BCUT2D eigenvalue weighted by Crippen LogP contribution is 2.31. The number of anilines is 1. The number of nitrogens with one attached hydrogen (secondary N) is 2. The van der Waals surface area contributed by atoms with Crippen LogP contribution in [0.5, 0.6) is 0 Å². The molecule has 3 aromatic heterocycles. The Bertz CT molecular complexity index is 992. The summed E-state index contributed by atoms with van der Waals surface area (Å²) < 4.78 is 14.2. The molecular formula is C17H15ClFN5O2. The summed E-state index contributed by atoms with van der Waals surface area (Å²) >= 11 is 6.01. The Labute approximate surface area is 152 Å². The van der Waals surface area contributed by atoms with E-state index < -0.39 is 17.7 Å². The summed E-state index contributed by atoms with van der Waals surface area (Å²) in [7, 11) is 0. The van der Waals surface area contributed by atoms with Gasteiger partial charge in [-0.1, -0.05) is 11.6 Å². The van der Waals surface area contributed by atoms with Crippen LogP contribution >= 0.6 is 11.6 Å². The van der Waals surface area contributed by atoms with Gasteiger partial charge >= 0.3 is 5.97 Å². The third kappa shape index (κ3) is 3.08. The lowest BCUT2D eigenvalue weighted by molar-refractivity contribution is -0.141. The number of H-pyrrole nitrogens is 1. The third-order valence-electron chi connectivity index (χ3n) is 4.61. The van der Waals surface area contributed by atoms with Gasteiger partial charge in [-0.05, 0) is 25.3 Å². The lowest BCUT2D eigenvalue weighted by atomic mass is 10.1. The molecule has 0 aliphatic heterocycles. The molecular weight excluding hydrogens is 361 g/mol. The van der Waals surface area contributed by atoms with Crippen molar-refractivity contribution in [2.24, 2.45) is 5.92 Å². The van der Waals surface area contributed by atoms with Crippen LogP contribution in [0.3, 0.4) is 0 Å². The van der Waals surface area contributed by atoms with Gasteiger partial charge in [0.15, 0.2) is 17.5 Å². The van der Waals surface area contributed by atoms with Crippen LogP contribution in [0.4, 0.5) is 10.2 Å². The zero-order chi connectivity index (χ0) is 18.3. The Balaban J connectivity index is 1.64. The van der Waals surface area contributed by atoms with E-state index in [9.17, 15) is 9.18 Å². The van der Waals surface area contributed by atoms with Crippen molar-refractivity contribution in [3.05, 3.63) is 35.5 Å². The smallest absolute Gasteiger partial charge is 0.306 e. The third-order valence-corrected chi connectivity index (χ3v) is 4.81. The number of halogens is 2. The average molecular weight is 376 g/mol. The first-order valence-corrected chi connectivity index (χ1v) is 8.54. The van der Waals surface area contributed by atoms with Crippen LogP contribution in [0.2, 0.25) is 5.02 Å². The van der Waals surface area contributed by atoms with Crippen molar-refractivity contribution in [1.82, 2.24) is 19.9 Å². The minimum Gasteiger partial charge on any atom is -0.481 e. The normalized spacial score (nSPS) is 19.8. The van der Waals surface area contributed by atoms with Gasteiger partial charge in [0.1, 0.15) is 5.65 Å². The van der Waals surface area contributed by atoms with Gasteiger partial charge in [0.05, 0.1) is 17.1 Å². The van der Waals surface area contributed by atoms with Crippen molar-refractivity contribution in [1.29, 1.82) is 0 Å². The van der Waals surface area contributed by atoms with E-state index in [0.29, 0.717) is 41.3 Å². The molecule has 3 N–H and O–H groups in total. The zero-order valence-corrected chi connectivity index (χ0v) is 14.3. The molecule has 7 nitrogen and oxygen atoms in total. The fourth-order valence-electron chi connectivity index (χ4n) is 3.29. The van der Waals surface area contributed by atoms with Gasteiger partial charge in [-0.3, -0.25) is 4.79 Å². The summed E-state index contributed by atoms with van der Waals surface area (Å²) in [6, 6.07) is 1.61. The molecule has 1 saturated carbocycles. The van der Waals surface area contributed by atoms with Gasteiger partial charge in [-0.15, -0.1) is 0 Å². The predicted octanol–water partition coefficient (Wildman–Crippen LogP) is 3.48. The summed E-state index contributed by atoms with van der Waals surface area (Å²) in [4.78, 5) is 26.6. The Morgan fingerprint density at radius 3 is 2.96 bits per heavy atom. The number of carboxylic acids is 1. The van der Waals surface area contributed by atoms with Gasteiger partial charge in [-0.2, -0.15) is 0 Å². The van der Waals surface area contributed by atoms with Crippen molar-refractivity contribution in [2.75, 3.05) is 5.32 Å². The topological polar surface area (TPSA) is 104 Å². The SMILES string of the molecule is O=C(O)[C@H]1CC[C@@H](Nc2nc(-c3c[nH]c4ncc(Cl)cc34)ncc2F)C1. The largest absolute Gasteiger partial charge is 0.481 e. The highest BCUT2D eigenvalue weighted by Gasteiger charge is 2.30. The van der Waals surface area contributed by atoms with Crippen LogP contribution < -0.4 is 5.32 Å². The molecule has 0 unspecified atom stereocenters. The molecule has 2 atom stereocenters. The molecule has 0 bridgehead atoms. The second kappa shape index (κ2) is 6.53. The number of hydrogen-bond donors (Lipinski definition) is 3. The van der Waals surface area contributed by atoms with Crippen molar-refractivity contribution < 1.29 is 14.3 Å². The van der Waals surface area contributed by atoms with E-state index in [-0.39, 0.29) is 11.9 Å². The number of rotatable bonds is 4. The number of nitrogens with zero attached hydrogens (tertiary/aromatic N) is 3. The molecule has 0 aromatic carbocycles. The van der Waals surface area contributed by atoms with Crippen molar-refractivity contribution in [2.45, 2.75) is 25.3 Å². The fourth-order valence-corrected chi connectivity index (χ4v) is 3.45. The number of aromatic nitrogens is 4. The molecule has 134 valence electrons. The van der Waals surface area contributed by atoms with Crippen LogP contribution in [0, 0.1) is 11.7 Å². The molecule has 1 aliphatic carbocycles. The lowest BCUT2D eigenvalue weighted by Gasteiger charge is -2.14. The second-order valence-electron chi connectivity index (χ2n) is 6.33. The van der Waals surface area contributed by atoms with E-state index in [0.717, 1.165) is 11.6 Å². The molecule has 1 fully saturated rings. The first-order valence-electron chi connectivity index (χ1n) is 8.16. The van der Waals surface area contributed by atoms with Crippen LogP contribution in [-0.4, -0.2) is 37.1 Å². The maximum Gasteiger partial charge on any atom is 0.306 e. The number of aliphatic carboxylic acids is 1. The second-order valence-corrected chi connectivity index (χ2v) is 6.77. The molecule has 3 heterocycles. The molecule has 0 spiro atoms.